The number of rotatable bonds is 6. The van der Waals surface area contributed by atoms with E-state index in [1.165, 1.54) is 0 Å². The van der Waals surface area contributed by atoms with E-state index in [4.69, 9.17) is 9.47 Å². The van der Waals surface area contributed by atoms with Gasteiger partial charge in [0.25, 0.3) is 0 Å². The Balaban J connectivity index is 2.13. The minimum Gasteiger partial charge on any atom is -0.495 e. The molecule has 5 heteroatoms. The second kappa shape index (κ2) is 7.71. The molecule has 21 heavy (non-hydrogen) atoms. The van der Waals surface area contributed by atoms with E-state index >= 15 is 0 Å². The highest BCUT2D eigenvalue weighted by molar-refractivity contribution is 9.11. The molecule has 0 saturated carbocycles. The molecule has 112 valence electrons. The molecule has 0 aliphatic heterocycles. The molecule has 3 nitrogen and oxygen atoms in total. The van der Waals surface area contributed by atoms with Crippen LogP contribution in [-0.2, 0) is 6.54 Å². The number of hydrogen-bond donors (Lipinski definition) is 1. The fourth-order valence-corrected chi connectivity index (χ4v) is 3.49. The summed E-state index contributed by atoms with van der Waals surface area (Å²) in [5.41, 5.74) is 2.12. The molecular weight excluding hydrogens is 398 g/mol. The Morgan fingerprint density at radius 2 is 1.76 bits per heavy atom. The van der Waals surface area contributed by atoms with Crippen molar-refractivity contribution < 1.29 is 9.47 Å². The van der Waals surface area contributed by atoms with E-state index in [2.05, 4.69) is 49.3 Å². The van der Waals surface area contributed by atoms with Crippen LogP contribution in [0.4, 0.5) is 5.69 Å². The minimum absolute atomic E-state index is 0.635. The predicted octanol–water partition coefficient (Wildman–Crippen LogP) is 5.23. The van der Waals surface area contributed by atoms with Crippen molar-refractivity contribution in [3.63, 3.8) is 0 Å². The summed E-state index contributed by atoms with van der Waals surface area (Å²) < 4.78 is 12.8. The highest BCUT2D eigenvalue weighted by atomic mass is 79.9. The summed E-state index contributed by atoms with van der Waals surface area (Å²) in [7, 11) is 1.67. The van der Waals surface area contributed by atoms with Crippen molar-refractivity contribution in [3.05, 3.63) is 50.9 Å². The molecule has 2 rings (SSSR count). The van der Waals surface area contributed by atoms with Crippen LogP contribution in [0.15, 0.2) is 45.3 Å². The summed E-state index contributed by atoms with van der Waals surface area (Å²) in [6, 6.07) is 12.0. The van der Waals surface area contributed by atoms with Crippen LogP contribution in [0.1, 0.15) is 12.5 Å². The van der Waals surface area contributed by atoms with Crippen molar-refractivity contribution in [1.29, 1.82) is 0 Å². The van der Waals surface area contributed by atoms with Crippen LogP contribution < -0.4 is 14.8 Å². The van der Waals surface area contributed by atoms with Gasteiger partial charge in [0.15, 0.2) is 0 Å². The average molecular weight is 415 g/mol. The first-order chi connectivity index (χ1) is 10.2. The molecule has 0 aromatic heterocycles. The van der Waals surface area contributed by atoms with E-state index in [-0.39, 0.29) is 0 Å². The lowest BCUT2D eigenvalue weighted by molar-refractivity contribution is 0.336. The third-order valence-corrected chi connectivity index (χ3v) is 4.11. The van der Waals surface area contributed by atoms with Gasteiger partial charge in [-0.3, -0.25) is 0 Å². The highest BCUT2D eigenvalue weighted by Gasteiger charge is 2.09. The molecule has 0 radical (unpaired) electrons. The van der Waals surface area contributed by atoms with Crippen molar-refractivity contribution in [1.82, 2.24) is 0 Å². The molecule has 2 aromatic rings. The largest absolute Gasteiger partial charge is 0.495 e. The maximum absolute atomic E-state index is 5.59. The van der Waals surface area contributed by atoms with E-state index < -0.39 is 0 Å². The first-order valence-corrected chi connectivity index (χ1v) is 8.22. The summed E-state index contributed by atoms with van der Waals surface area (Å²) >= 11 is 7.09. The van der Waals surface area contributed by atoms with Gasteiger partial charge in [0.1, 0.15) is 11.5 Å². The first kappa shape index (κ1) is 16.2. The quantitative estimate of drug-likeness (QED) is 0.701. The fourth-order valence-electron chi connectivity index (χ4n) is 1.98. The molecule has 0 unspecified atom stereocenters. The number of halogens is 2. The predicted molar refractivity (Wildman–Crippen MR) is 93.3 cm³/mol. The monoisotopic (exact) mass is 413 g/mol. The van der Waals surface area contributed by atoms with Crippen molar-refractivity contribution in [2.24, 2.45) is 0 Å². The van der Waals surface area contributed by atoms with Gasteiger partial charge in [0, 0.05) is 6.54 Å². The molecule has 0 aliphatic rings. The second-order valence-electron chi connectivity index (χ2n) is 4.38. The molecule has 0 fully saturated rings. The Morgan fingerprint density at radius 1 is 1.10 bits per heavy atom. The highest BCUT2D eigenvalue weighted by Crippen LogP contribution is 2.35. The number of methoxy groups -OCH3 is 1. The second-order valence-corrected chi connectivity index (χ2v) is 6.08. The van der Waals surface area contributed by atoms with E-state index in [1.54, 1.807) is 7.11 Å². The van der Waals surface area contributed by atoms with Crippen LogP contribution in [0.25, 0.3) is 0 Å². The van der Waals surface area contributed by atoms with E-state index in [0.29, 0.717) is 13.2 Å². The van der Waals surface area contributed by atoms with Crippen molar-refractivity contribution in [3.8, 4) is 11.5 Å². The van der Waals surface area contributed by atoms with Gasteiger partial charge in [0.05, 0.1) is 28.3 Å². The number of hydrogen-bond acceptors (Lipinski definition) is 3. The third kappa shape index (κ3) is 4.14. The summed E-state index contributed by atoms with van der Waals surface area (Å²) in [6.45, 7) is 3.30. The standard InChI is InChI=1S/C16H17Br2NO2/c1-3-21-16-12(17)8-11(9-13(16)18)10-19-14-6-4-5-7-15(14)20-2/h4-9,19H,3,10H2,1-2H3. The maximum atomic E-state index is 5.59. The third-order valence-electron chi connectivity index (χ3n) is 2.94. The van der Waals surface area contributed by atoms with Crippen LogP contribution in [0.2, 0.25) is 0 Å². The molecule has 1 N–H and O–H groups in total. The lowest BCUT2D eigenvalue weighted by atomic mass is 10.2. The summed E-state index contributed by atoms with van der Waals surface area (Å²) in [4.78, 5) is 0. The number of ether oxygens (including phenoxy) is 2. The van der Waals surface area contributed by atoms with Crippen molar-refractivity contribution in [2.45, 2.75) is 13.5 Å². The van der Waals surface area contributed by atoms with Gasteiger partial charge in [0.2, 0.25) is 0 Å². The SMILES string of the molecule is CCOc1c(Br)cc(CNc2ccccc2OC)cc1Br. The van der Waals surface area contributed by atoms with Crippen LogP contribution in [0.5, 0.6) is 11.5 Å². The van der Waals surface area contributed by atoms with E-state index in [0.717, 1.165) is 31.7 Å². The van der Waals surface area contributed by atoms with Gasteiger partial charge < -0.3 is 14.8 Å². The molecule has 0 saturated heterocycles. The molecule has 0 bridgehead atoms. The zero-order valence-electron chi connectivity index (χ0n) is 12.0. The molecule has 0 heterocycles. The first-order valence-electron chi connectivity index (χ1n) is 6.63. The number of para-hydroxylation sites is 2. The minimum atomic E-state index is 0.635. The van der Waals surface area contributed by atoms with Gasteiger partial charge in [-0.1, -0.05) is 12.1 Å². The maximum Gasteiger partial charge on any atom is 0.147 e. The lowest BCUT2D eigenvalue weighted by Crippen LogP contribution is -2.02. The van der Waals surface area contributed by atoms with E-state index in [1.807, 2.05) is 31.2 Å². The lowest BCUT2D eigenvalue weighted by Gasteiger charge is -2.13. The normalized spacial score (nSPS) is 10.3. The van der Waals surface area contributed by atoms with Gasteiger partial charge in [-0.05, 0) is 68.6 Å². The molecule has 0 aliphatic carbocycles. The molecule has 2 aromatic carbocycles. The summed E-state index contributed by atoms with van der Waals surface area (Å²) in [6.07, 6.45) is 0. The van der Waals surface area contributed by atoms with Gasteiger partial charge in [-0.25, -0.2) is 0 Å². The molecular formula is C16H17Br2NO2. The molecule has 0 amide bonds. The summed E-state index contributed by atoms with van der Waals surface area (Å²) in [5.74, 6) is 1.67. The number of nitrogens with one attached hydrogen (secondary N) is 1. The summed E-state index contributed by atoms with van der Waals surface area (Å²) in [5, 5.41) is 3.38. The van der Waals surface area contributed by atoms with Crippen molar-refractivity contribution >= 4 is 37.5 Å². The zero-order chi connectivity index (χ0) is 15.2. The number of anilines is 1. The Hall–Kier alpha value is -1.20. The van der Waals surface area contributed by atoms with Crippen LogP contribution in [0.3, 0.4) is 0 Å². The Morgan fingerprint density at radius 3 is 2.38 bits per heavy atom. The topological polar surface area (TPSA) is 30.5 Å². The van der Waals surface area contributed by atoms with Gasteiger partial charge >= 0.3 is 0 Å². The Kier molecular flexibility index (Phi) is 5.94. The van der Waals surface area contributed by atoms with Crippen LogP contribution in [0, 0.1) is 0 Å². The van der Waals surface area contributed by atoms with Crippen molar-refractivity contribution in [2.75, 3.05) is 19.0 Å². The average Bonchev–Trinajstić information content (AvgIpc) is 2.49. The molecule has 0 atom stereocenters. The van der Waals surface area contributed by atoms with Crippen LogP contribution >= 0.6 is 31.9 Å². The number of benzene rings is 2. The Labute approximate surface area is 141 Å². The Bertz CT molecular complexity index is 594. The van der Waals surface area contributed by atoms with Crippen LogP contribution in [-0.4, -0.2) is 13.7 Å². The van der Waals surface area contributed by atoms with E-state index in [9.17, 15) is 0 Å². The van der Waals surface area contributed by atoms with Gasteiger partial charge in [-0.2, -0.15) is 0 Å². The fraction of sp³-hybridized carbons (Fsp3) is 0.250. The zero-order valence-corrected chi connectivity index (χ0v) is 15.1. The van der Waals surface area contributed by atoms with Gasteiger partial charge in [-0.15, -0.1) is 0 Å². The smallest absolute Gasteiger partial charge is 0.147 e. The molecule has 0 spiro atoms.